The maximum absolute atomic E-state index is 13.0. The van der Waals surface area contributed by atoms with Crippen LogP contribution in [0.4, 0.5) is 0 Å². The SMILES string of the molecule is Cc1c(C(=O)N2CCC(C(=O)N3CCCCC3)CC2)oc2ccc(Cl)cc12. The second-order valence-corrected chi connectivity index (χ2v) is 8.09. The number of hydrogen-bond donors (Lipinski definition) is 0. The summed E-state index contributed by atoms with van der Waals surface area (Å²) in [6.07, 6.45) is 4.90. The Morgan fingerprint density at radius 1 is 1.04 bits per heavy atom. The molecule has 1 aromatic carbocycles. The zero-order chi connectivity index (χ0) is 19.0. The van der Waals surface area contributed by atoms with E-state index in [1.807, 2.05) is 22.8 Å². The number of fused-ring (bicyclic) bond motifs is 1. The summed E-state index contributed by atoms with van der Waals surface area (Å²) < 4.78 is 5.81. The summed E-state index contributed by atoms with van der Waals surface area (Å²) in [4.78, 5) is 29.5. The average molecular weight is 389 g/mol. The lowest BCUT2D eigenvalue weighted by molar-refractivity contribution is -0.137. The molecule has 0 bridgehead atoms. The molecule has 2 aliphatic heterocycles. The van der Waals surface area contributed by atoms with Gasteiger partial charge in [-0.25, -0.2) is 0 Å². The lowest BCUT2D eigenvalue weighted by Crippen LogP contribution is -2.45. The molecule has 27 heavy (non-hydrogen) atoms. The predicted molar refractivity (Wildman–Crippen MR) is 105 cm³/mol. The molecule has 2 fully saturated rings. The summed E-state index contributed by atoms with van der Waals surface area (Å²) in [6.45, 7) is 4.86. The Kier molecular flexibility index (Phi) is 5.13. The fourth-order valence-electron chi connectivity index (χ4n) is 4.24. The van der Waals surface area contributed by atoms with Crippen LogP contribution in [0, 0.1) is 12.8 Å². The lowest BCUT2D eigenvalue weighted by atomic mass is 9.94. The van der Waals surface area contributed by atoms with E-state index in [4.69, 9.17) is 16.0 Å². The monoisotopic (exact) mass is 388 g/mol. The quantitative estimate of drug-likeness (QED) is 0.772. The molecule has 0 atom stereocenters. The molecule has 2 aromatic rings. The van der Waals surface area contributed by atoms with Crippen molar-refractivity contribution in [3.05, 3.63) is 34.5 Å². The number of aryl methyl sites for hydroxylation is 1. The topological polar surface area (TPSA) is 53.8 Å². The highest BCUT2D eigenvalue weighted by atomic mass is 35.5. The number of furan rings is 1. The predicted octanol–water partition coefficient (Wildman–Crippen LogP) is 4.26. The van der Waals surface area contributed by atoms with Crippen LogP contribution >= 0.6 is 11.6 Å². The molecule has 2 amide bonds. The van der Waals surface area contributed by atoms with Crippen LogP contribution in [0.2, 0.25) is 5.02 Å². The van der Waals surface area contributed by atoms with Gasteiger partial charge >= 0.3 is 0 Å². The maximum atomic E-state index is 13.0. The molecule has 0 radical (unpaired) electrons. The molecule has 5 nitrogen and oxygen atoms in total. The molecule has 0 saturated carbocycles. The molecule has 0 unspecified atom stereocenters. The molecule has 6 heteroatoms. The van der Waals surface area contributed by atoms with E-state index >= 15 is 0 Å². The van der Waals surface area contributed by atoms with Crippen LogP contribution in [0.1, 0.15) is 48.2 Å². The first-order chi connectivity index (χ1) is 13.0. The molecule has 2 saturated heterocycles. The van der Waals surface area contributed by atoms with Gasteiger partial charge in [-0.15, -0.1) is 0 Å². The second kappa shape index (κ2) is 7.55. The molecular formula is C21H25ClN2O3. The van der Waals surface area contributed by atoms with Gasteiger partial charge in [0.05, 0.1) is 0 Å². The third-order valence-corrected chi connectivity index (χ3v) is 6.13. The Bertz CT molecular complexity index is 862. The van der Waals surface area contributed by atoms with Gasteiger partial charge in [0.15, 0.2) is 5.76 Å². The van der Waals surface area contributed by atoms with E-state index in [9.17, 15) is 9.59 Å². The van der Waals surface area contributed by atoms with Crippen LogP contribution in [0.25, 0.3) is 11.0 Å². The van der Waals surface area contributed by atoms with E-state index in [1.54, 1.807) is 12.1 Å². The van der Waals surface area contributed by atoms with Gasteiger partial charge < -0.3 is 14.2 Å². The largest absolute Gasteiger partial charge is 0.451 e. The fraction of sp³-hybridized carbons (Fsp3) is 0.524. The van der Waals surface area contributed by atoms with Gasteiger partial charge in [-0.2, -0.15) is 0 Å². The minimum atomic E-state index is -0.0938. The molecule has 0 spiro atoms. The smallest absolute Gasteiger partial charge is 0.289 e. The first kappa shape index (κ1) is 18.4. The van der Waals surface area contributed by atoms with Crippen LogP contribution in [0.3, 0.4) is 0 Å². The van der Waals surface area contributed by atoms with Gasteiger partial charge in [0.25, 0.3) is 5.91 Å². The summed E-state index contributed by atoms with van der Waals surface area (Å²) in [7, 11) is 0. The summed E-state index contributed by atoms with van der Waals surface area (Å²) in [5.74, 6) is 0.607. The van der Waals surface area contributed by atoms with Crippen molar-refractivity contribution < 1.29 is 14.0 Å². The Morgan fingerprint density at radius 2 is 1.74 bits per heavy atom. The first-order valence-corrected chi connectivity index (χ1v) is 10.2. The van der Waals surface area contributed by atoms with Gasteiger partial charge in [0, 0.05) is 48.1 Å². The van der Waals surface area contributed by atoms with Crippen molar-refractivity contribution in [2.75, 3.05) is 26.2 Å². The number of carbonyl (C=O) groups excluding carboxylic acids is 2. The average Bonchev–Trinajstić information content (AvgIpc) is 3.04. The number of piperidine rings is 2. The first-order valence-electron chi connectivity index (χ1n) is 9.81. The van der Waals surface area contributed by atoms with Crippen LogP contribution in [-0.2, 0) is 4.79 Å². The van der Waals surface area contributed by atoms with Crippen molar-refractivity contribution in [1.82, 2.24) is 9.80 Å². The van der Waals surface area contributed by atoms with Gasteiger partial charge in [-0.3, -0.25) is 9.59 Å². The van der Waals surface area contributed by atoms with E-state index in [0.717, 1.165) is 49.7 Å². The summed E-state index contributed by atoms with van der Waals surface area (Å²) in [5.41, 5.74) is 1.50. The Labute approximate surface area is 164 Å². The molecule has 2 aliphatic rings. The molecule has 144 valence electrons. The van der Waals surface area contributed by atoms with E-state index in [1.165, 1.54) is 6.42 Å². The Hall–Kier alpha value is -2.01. The van der Waals surface area contributed by atoms with Crippen molar-refractivity contribution in [1.29, 1.82) is 0 Å². The zero-order valence-corrected chi connectivity index (χ0v) is 16.4. The summed E-state index contributed by atoms with van der Waals surface area (Å²) >= 11 is 6.06. The van der Waals surface area contributed by atoms with E-state index in [-0.39, 0.29) is 17.7 Å². The Balaban J connectivity index is 1.43. The highest BCUT2D eigenvalue weighted by molar-refractivity contribution is 6.31. The third kappa shape index (κ3) is 3.57. The van der Waals surface area contributed by atoms with Gasteiger partial charge in [0.1, 0.15) is 5.58 Å². The minimum Gasteiger partial charge on any atom is -0.451 e. The number of amides is 2. The molecule has 0 N–H and O–H groups in total. The number of halogens is 1. The maximum Gasteiger partial charge on any atom is 0.289 e. The van der Waals surface area contributed by atoms with Crippen LogP contribution in [0.15, 0.2) is 22.6 Å². The lowest BCUT2D eigenvalue weighted by Gasteiger charge is -2.35. The Morgan fingerprint density at radius 3 is 2.44 bits per heavy atom. The normalized spacial score (nSPS) is 18.9. The van der Waals surface area contributed by atoms with Crippen molar-refractivity contribution in [2.24, 2.45) is 5.92 Å². The number of likely N-dealkylation sites (tertiary alicyclic amines) is 2. The second-order valence-electron chi connectivity index (χ2n) is 7.65. The van der Waals surface area contributed by atoms with Gasteiger partial charge in [0.2, 0.25) is 5.91 Å². The number of benzene rings is 1. The van der Waals surface area contributed by atoms with Crippen molar-refractivity contribution in [3.63, 3.8) is 0 Å². The zero-order valence-electron chi connectivity index (χ0n) is 15.7. The number of nitrogens with zero attached hydrogens (tertiary/aromatic N) is 2. The van der Waals surface area contributed by atoms with E-state index in [0.29, 0.717) is 29.5 Å². The van der Waals surface area contributed by atoms with E-state index < -0.39 is 0 Å². The van der Waals surface area contributed by atoms with Crippen LogP contribution in [0.5, 0.6) is 0 Å². The molecule has 4 rings (SSSR count). The molecular weight excluding hydrogens is 364 g/mol. The standard InChI is InChI=1S/C21H25ClN2O3/c1-14-17-13-16(22)5-6-18(17)27-19(14)21(26)24-11-7-15(8-12-24)20(25)23-9-3-2-4-10-23/h5-6,13,15H,2-4,7-12H2,1H3. The third-order valence-electron chi connectivity index (χ3n) is 5.89. The minimum absolute atomic E-state index is 0.0442. The highest BCUT2D eigenvalue weighted by Gasteiger charge is 2.32. The molecule has 3 heterocycles. The number of carbonyl (C=O) groups is 2. The fourth-order valence-corrected chi connectivity index (χ4v) is 4.41. The van der Waals surface area contributed by atoms with Gasteiger partial charge in [-0.1, -0.05) is 11.6 Å². The van der Waals surface area contributed by atoms with Crippen molar-refractivity contribution in [2.45, 2.75) is 39.0 Å². The van der Waals surface area contributed by atoms with Crippen molar-refractivity contribution >= 4 is 34.4 Å². The highest BCUT2D eigenvalue weighted by Crippen LogP contribution is 2.30. The van der Waals surface area contributed by atoms with Gasteiger partial charge in [-0.05, 0) is 57.2 Å². The van der Waals surface area contributed by atoms with E-state index in [2.05, 4.69) is 0 Å². The summed E-state index contributed by atoms with van der Waals surface area (Å²) in [5, 5.41) is 1.50. The van der Waals surface area contributed by atoms with Crippen LogP contribution < -0.4 is 0 Å². The number of rotatable bonds is 2. The molecule has 1 aromatic heterocycles. The molecule has 0 aliphatic carbocycles. The number of hydrogen-bond acceptors (Lipinski definition) is 3. The van der Waals surface area contributed by atoms with Crippen molar-refractivity contribution in [3.8, 4) is 0 Å². The van der Waals surface area contributed by atoms with Crippen LogP contribution in [-0.4, -0.2) is 47.8 Å². The summed E-state index contributed by atoms with van der Waals surface area (Å²) in [6, 6.07) is 5.39.